The number of non-ortho nitro benzene ring substituents is 1. The Bertz CT molecular complexity index is 911. The number of nitro benzene ring substituents is 1. The minimum Gasteiger partial charge on any atom is -0.296 e. The lowest BCUT2D eigenvalue weighted by molar-refractivity contribution is -0.384. The normalized spacial score (nSPS) is 10.4. The number of aromatic nitrogens is 2. The van der Waals surface area contributed by atoms with Crippen molar-refractivity contribution in [3.05, 3.63) is 68.7 Å². The highest BCUT2D eigenvalue weighted by Crippen LogP contribution is 2.29. The van der Waals surface area contributed by atoms with Gasteiger partial charge in [-0.05, 0) is 24.3 Å². The highest BCUT2D eigenvalue weighted by Gasteiger charge is 2.13. The fourth-order valence-corrected chi connectivity index (χ4v) is 2.91. The molecular formula is C15H9BrN4O3S. The molecule has 9 heteroatoms. The summed E-state index contributed by atoms with van der Waals surface area (Å²) < 4.78 is 0.878. The van der Waals surface area contributed by atoms with Gasteiger partial charge in [0.05, 0.1) is 4.92 Å². The van der Waals surface area contributed by atoms with Crippen molar-refractivity contribution in [3.8, 4) is 10.6 Å². The van der Waals surface area contributed by atoms with E-state index in [0.717, 1.165) is 15.8 Å². The molecule has 0 saturated heterocycles. The predicted octanol–water partition coefficient (Wildman–Crippen LogP) is 4.13. The number of rotatable bonds is 4. The van der Waals surface area contributed by atoms with Crippen LogP contribution in [0.25, 0.3) is 10.6 Å². The first-order chi connectivity index (χ1) is 11.5. The number of carbonyl (C=O) groups is 1. The molecule has 1 amide bonds. The third-order valence-corrected chi connectivity index (χ3v) is 4.47. The van der Waals surface area contributed by atoms with Gasteiger partial charge in [0.25, 0.3) is 11.6 Å². The van der Waals surface area contributed by atoms with Gasteiger partial charge in [-0.1, -0.05) is 39.4 Å². The SMILES string of the molecule is O=C(Nc1nnc(-c2cccc([N+](=O)[O-])c2)s1)c1ccc(Br)cc1. The van der Waals surface area contributed by atoms with Gasteiger partial charge in [-0.15, -0.1) is 10.2 Å². The van der Waals surface area contributed by atoms with Crippen molar-refractivity contribution in [2.24, 2.45) is 0 Å². The van der Waals surface area contributed by atoms with E-state index in [0.29, 0.717) is 21.3 Å². The molecule has 0 radical (unpaired) electrons. The van der Waals surface area contributed by atoms with E-state index < -0.39 is 4.92 Å². The first-order valence-electron chi connectivity index (χ1n) is 6.68. The highest BCUT2D eigenvalue weighted by atomic mass is 79.9. The average Bonchev–Trinajstić information content (AvgIpc) is 3.04. The second-order valence-corrected chi connectivity index (χ2v) is 6.57. The van der Waals surface area contributed by atoms with Crippen molar-refractivity contribution in [1.29, 1.82) is 0 Å². The van der Waals surface area contributed by atoms with Gasteiger partial charge in [-0.25, -0.2) is 0 Å². The third-order valence-electron chi connectivity index (χ3n) is 3.06. The second-order valence-electron chi connectivity index (χ2n) is 4.68. The van der Waals surface area contributed by atoms with E-state index in [9.17, 15) is 14.9 Å². The molecule has 1 aromatic heterocycles. The summed E-state index contributed by atoms with van der Waals surface area (Å²) in [6, 6.07) is 13.0. The van der Waals surface area contributed by atoms with Crippen LogP contribution >= 0.6 is 27.3 Å². The largest absolute Gasteiger partial charge is 0.296 e. The monoisotopic (exact) mass is 404 g/mol. The van der Waals surface area contributed by atoms with Gasteiger partial charge in [0.1, 0.15) is 5.01 Å². The van der Waals surface area contributed by atoms with E-state index >= 15 is 0 Å². The summed E-state index contributed by atoms with van der Waals surface area (Å²) in [7, 11) is 0. The Balaban J connectivity index is 1.78. The zero-order chi connectivity index (χ0) is 17.1. The lowest BCUT2D eigenvalue weighted by Crippen LogP contribution is -2.11. The maximum absolute atomic E-state index is 12.1. The predicted molar refractivity (Wildman–Crippen MR) is 94.1 cm³/mol. The van der Waals surface area contributed by atoms with E-state index in [1.165, 1.54) is 12.1 Å². The lowest BCUT2D eigenvalue weighted by atomic mass is 10.2. The number of hydrogen-bond donors (Lipinski definition) is 1. The average molecular weight is 405 g/mol. The minimum absolute atomic E-state index is 0.0249. The molecule has 0 atom stereocenters. The molecule has 2 aromatic carbocycles. The van der Waals surface area contributed by atoms with Gasteiger partial charge < -0.3 is 0 Å². The Morgan fingerprint density at radius 3 is 2.62 bits per heavy atom. The van der Waals surface area contributed by atoms with Gasteiger partial charge >= 0.3 is 0 Å². The Morgan fingerprint density at radius 2 is 1.92 bits per heavy atom. The maximum Gasteiger partial charge on any atom is 0.270 e. The van der Waals surface area contributed by atoms with Crippen LogP contribution in [0.3, 0.4) is 0 Å². The molecule has 24 heavy (non-hydrogen) atoms. The molecule has 7 nitrogen and oxygen atoms in total. The van der Waals surface area contributed by atoms with Gasteiger partial charge in [-0.3, -0.25) is 20.2 Å². The number of benzene rings is 2. The Hall–Kier alpha value is -2.65. The summed E-state index contributed by atoms with van der Waals surface area (Å²) in [5.41, 5.74) is 1.04. The molecule has 0 aliphatic carbocycles. The molecule has 0 aliphatic rings. The fourth-order valence-electron chi connectivity index (χ4n) is 1.91. The number of hydrogen-bond acceptors (Lipinski definition) is 6. The van der Waals surface area contributed by atoms with Crippen molar-refractivity contribution < 1.29 is 9.72 Å². The smallest absolute Gasteiger partial charge is 0.270 e. The summed E-state index contributed by atoms with van der Waals surface area (Å²) in [5.74, 6) is -0.302. The van der Waals surface area contributed by atoms with Crippen LogP contribution in [0.1, 0.15) is 10.4 Å². The number of carbonyl (C=O) groups excluding carboxylic acids is 1. The van der Waals surface area contributed by atoms with E-state index in [4.69, 9.17) is 0 Å². The number of halogens is 1. The number of nitrogens with one attached hydrogen (secondary N) is 1. The van der Waals surface area contributed by atoms with Gasteiger partial charge in [0, 0.05) is 27.7 Å². The molecule has 0 saturated carbocycles. The quantitative estimate of drug-likeness (QED) is 0.520. The van der Waals surface area contributed by atoms with Crippen LogP contribution in [0, 0.1) is 10.1 Å². The van der Waals surface area contributed by atoms with Crippen molar-refractivity contribution in [2.45, 2.75) is 0 Å². The van der Waals surface area contributed by atoms with E-state index in [1.54, 1.807) is 36.4 Å². The van der Waals surface area contributed by atoms with Gasteiger partial charge in [0.15, 0.2) is 0 Å². The zero-order valence-electron chi connectivity index (χ0n) is 12.0. The molecule has 3 rings (SSSR count). The van der Waals surface area contributed by atoms with Crippen molar-refractivity contribution in [2.75, 3.05) is 5.32 Å². The van der Waals surface area contributed by atoms with E-state index in [2.05, 4.69) is 31.4 Å². The van der Waals surface area contributed by atoms with Crippen molar-refractivity contribution in [1.82, 2.24) is 10.2 Å². The fraction of sp³-hybridized carbons (Fsp3) is 0. The topological polar surface area (TPSA) is 98.0 Å². The molecule has 0 aliphatic heterocycles. The van der Waals surface area contributed by atoms with Crippen molar-refractivity contribution >= 4 is 44.0 Å². The highest BCUT2D eigenvalue weighted by molar-refractivity contribution is 9.10. The Labute approximate surface area is 148 Å². The van der Waals surface area contributed by atoms with Crippen LogP contribution in [-0.4, -0.2) is 21.0 Å². The Kier molecular flexibility index (Phi) is 4.63. The third kappa shape index (κ3) is 3.63. The molecule has 0 bridgehead atoms. The van der Waals surface area contributed by atoms with Crippen LogP contribution in [0.4, 0.5) is 10.8 Å². The molecule has 3 aromatic rings. The van der Waals surface area contributed by atoms with Crippen LogP contribution < -0.4 is 5.32 Å². The number of nitrogens with zero attached hydrogens (tertiary/aromatic N) is 3. The van der Waals surface area contributed by atoms with Crippen molar-refractivity contribution in [3.63, 3.8) is 0 Å². The van der Waals surface area contributed by atoms with Crippen LogP contribution in [0.15, 0.2) is 53.0 Å². The second kappa shape index (κ2) is 6.85. The summed E-state index contributed by atoms with van der Waals surface area (Å²) in [4.78, 5) is 22.5. The molecule has 1 N–H and O–H groups in total. The minimum atomic E-state index is -0.471. The van der Waals surface area contributed by atoms with E-state index in [-0.39, 0.29) is 11.6 Å². The van der Waals surface area contributed by atoms with Crippen LogP contribution in [-0.2, 0) is 0 Å². The summed E-state index contributed by atoms with van der Waals surface area (Å²) in [6.45, 7) is 0. The molecule has 0 spiro atoms. The molecular weight excluding hydrogens is 396 g/mol. The molecule has 0 unspecified atom stereocenters. The van der Waals surface area contributed by atoms with Gasteiger partial charge in [0.2, 0.25) is 5.13 Å². The van der Waals surface area contributed by atoms with E-state index in [1.807, 2.05) is 0 Å². The van der Waals surface area contributed by atoms with Gasteiger partial charge in [-0.2, -0.15) is 0 Å². The Morgan fingerprint density at radius 1 is 1.17 bits per heavy atom. The molecule has 120 valence electrons. The lowest BCUT2D eigenvalue weighted by Gasteiger charge is -2.00. The summed E-state index contributed by atoms with van der Waals surface area (Å²) >= 11 is 4.45. The number of anilines is 1. The molecule has 0 fully saturated rings. The first-order valence-corrected chi connectivity index (χ1v) is 8.29. The maximum atomic E-state index is 12.1. The summed E-state index contributed by atoms with van der Waals surface area (Å²) in [5, 5.41) is 22.2. The first kappa shape index (κ1) is 16.2. The summed E-state index contributed by atoms with van der Waals surface area (Å²) in [6.07, 6.45) is 0. The molecule has 1 heterocycles. The van der Waals surface area contributed by atoms with Crippen LogP contribution in [0.2, 0.25) is 0 Å². The zero-order valence-corrected chi connectivity index (χ0v) is 14.4. The number of nitro groups is 1. The van der Waals surface area contributed by atoms with Crippen LogP contribution in [0.5, 0.6) is 0 Å². The standard InChI is InChI=1S/C15H9BrN4O3S/c16-11-6-4-9(5-7-11)13(21)17-15-19-18-14(24-15)10-2-1-3-12(8-10)20(22)23/h1-8H,(H,17,19,21). The number of amides is 1.